The molecule has 0 bridgehead atoms. The van der Waals surface area contributed by atoms with E-state index in [0.717, 1.165) is 0 Å². The van der Waals surface area contributed by atoms with Crippen LogP contribution in [-0.2, 0) is 26.1 Å². The van der Waals surface area contributed by atoms with Crippen molar-refractivity contribution >= 4 is 6.47 Å². The van der Waals surface area contributed by atoms with Crippen molar-refractivity contribution in [2.24, 2.45) is 0 Å². The number of hydrogen-bond donors (Lipinski definition) is 0. The second kappa shape index (κ2) is 5.92. The van der Waals surface area contributed by atoms with Gasteiger partial charge in [-0.15, -0.1) is 5.06 Å². The molecule has 0 aliphatic rings. The molecule has 7 heavy (non-hydrogen) atoms. The van der Waals surface area contributed by atoms with Crippen LogP contribution in [-0.4, -0.2) is 25.6 Å². The summed E-state index contributed by atoms with van der Waals surface area (Å²) >= 11 is 0. The van der Waals surface area contributed by atoms with Crippen LogP contribution in [0.15, 0.2) is 0 Å². The third-order valence-corrected chi connectivity index (χ3v) is 0.254. The SMILES string of the molecule is CN(C)OC=O.[Ni]. The molecular formula is C3H7NNiO2. The van der Waals surface area contributed by atoms with Crippen LogP contribution in [0.1, 0.15) is 0 Å². The molecule has 4 heteroatoms. The Morgan fingerprint density at radius 1 is 1.57 bits per heavy atom. The van der Waals surface area contributed by atoms with Crippen LogP contribution < -0.4 is 0 Å². The molecule has 0 saturated heterocycles. The number of hydroxylamine groups is 2. The third kappa shape index (κ3) is 10.7. The fourth-order valence-corrected chi connectivity index (χ4v) is 0.0861. The van der Waals surface area contributed by atoms with Gasteiger partial charge in [-0.25, -0.2) is 0 Å². The second-order valence-electron chi connectivity index (χ2n) is 1.01. The Hall–Kier alpha value is -0.0765. The number of rotatable bonds is 2. The van der Waals surface area contributed by atoms with Crippen LogP contribution in [0.4, 0.5) is 0 Å². The summed E-state index contributed by atoms with van der Waals surface area (Å²) in [6.07, 6.45) is 0. The average molecular weight is 148 g/mol. The van der Waals surface area contributed by atoms with Crippen LogP contribution in [0.25, 0.3) is 0 Å². The van der Waals surface area contributed by atoms with E-state index in [2.05, 4.69) is 4.84 Å². The maximum Gasteiger partial charge on any atom is 0.312 e. The topological polar surface area (TPSA) is 29.5 Å². The Labute approximate surface area is 52.5 Å². The summed E-state index contributed by atoms with van der Waals surface area (Å²) in [6, 6.07) is 0. The van der Waals surface area contributed by atoms with Gasteiger partial charge in [-0.05, 0) is 0 Å². The van der Waals surface area contributed by atoms with E-state index in [1.807, 2.05) is 0 Å². The van der Waals surface area contributed by atoms with Gasteiger partial charge in [0.05, 0.1) is 0 Å². The minimum atomic E-state index is 0. The molecule has 0 aromatic rings. The fraction of sp³-hybridized carbons (Fsp3) is 0.667. The zero-order chi connectivity index (χ0) is 4.99. The Bertz CT molecular complexity index is 48.2. The Kier molecular flexibility index (Phi) is 8.48. The van der Waals surface area contributed by atoms with Gasteiger partial charge in [-0.3, -0.25) is 4.79 Å². The molecule has 46 valence electrons. The number of nitrogens with zero attached hydrogens (tertiary/aromatic N) is 1. The van der Waals surface area contributed by atoms with Crippen molar-refractivity contribution in [2.75, 3.05) is 14.1 Å². The van der Waals surface area contributed by atoms with Crippen LogP contribution in [0.5, 0.6) is 0 Å². The van der Waals surface area contributed by atoms with Crippen LogP contribution >= 0.6 is 0 Å². The molecule has 0 amide bonds. The van der Waals surface area contributed by atoms with Gasteiger partial charge in [-0.1, -0.05) is 0 Å². The molecule has 0 aliphatic heterocycles. The number of hydrogen-bond acceptors (Lipinski definition) is 3. The largest absolute Gasteiger partial charge is 0.371 e. The van der Waals surface area contributed by atoms with E-state index in [4.69, 9.17) is 0 Å². The van der Waals surface area contributed by atoms with E-state index in [-0.39, 0.29) is 16.5 Å². The Balaban J connectivity index is 0. The van der Waals surface area contributed by atoms with Gasteiger partial charge in [0.2, 0.25) is 0 Å². The molecule has 0 aromatic carbocycles. The van der Waals surface area contributed by atoms with E-state index in [0.29, 0.717) is 6.47 Å². The quantitative estimate of drug-likeness (QED) is 0.304. The summed E-state index contributed by atoms with van der Waals surface area (Å²) < 4.78 is 0. The molecule has 0 unspecified atom stereocenters. The second-order valence-corrected chi connectivity index (χ2v) is 1.01. The van der Waals surface area contributed by atoms with Gasteiger partial charge in [0.1, 0.15) is 0 Å². The molecule has 0 aromatic heterocycles. The van der Waals surface area contributed by atoms with Crippen LogP contribution in [0.2, 0.25) is 0 Å². The first-order valence-electron chi connectivity index (χ1n) is 1.55. The van der Waals surface area contributed by atoms with E-state index in [1.165, 1.54) is 5.06 Å². The molecule has 0 radical (unpaired) electrons. The van der Waals surface area contributed by atoms with Crippen molar-refractivity contribution in [3.63, 3.8) is 0 Å². The van der Waals surface area contributed by atoms with E-state index < -0.39 is 0 Å². The first-order chi connectivity index (χ1) is 2.77. The third-order valence-electron chi connectivity index (χ3n) is 0.254. The first kappa shape index (κ1) is 10.0. The molecule has 0 aliphatic carbocycles. The molecule has 0 heterocycles. The summed E-state index contributed by atoms with van der Waals surface area (Å²) in [6.45, 7) is 0.375. The Morgan fingerprint density at radius 2 is 2.00 bits per heavy atom. The van der Waals surface area contributed by atoms with Crippen molar-refractivity contribution < 1.29 is 26.1 Å². The maximum atomic E-state index is 9.35. The predicted octanol–water partition coefficient (Wildman–Crippen LogP) is -0.367. The van der Waals surface area contributed by atoms with Crippen LogP contribution in [0, 0.1) is 0 Å². The van der Waals surface area contributed by atoms with Crippen LogP contribution in [0.3, 0.4) is 0 Å². The molecule has 3 nitrogen and oxygen atoms in total. The molecule has 0 fully saturated rings. The van der Waals surface area contributed by atoms with Gasteiger partial charge in [0.15, 0.2) is 0 Å². The Morgan fingerprint density at radius 3 is 2.00 bits per heavy atom. The first-order valence-corrected chi connectivity index (χ1v) is 1.55. The fourth-order valence-electron chi connectivity index (χ4n) is 0.0861. The minimum Gasteiger partial charge on any atom is -0.371 e. The molecule has 0 rings (SSSR count). The summed E-state index contributed by atoms with van der Waals surface area (Å²) in [5.41, 5.74) is 0. The van der Waals surface area contributed by atoms with E-state index in [1.54, 1.807) is 14.1 Å². The minimum absolute atomic E-state index is 0. The molecule has 0 spiro atoms. The predicted molar refractivity (Wildman–Crippen MR) is 20.8 cm³/mol. The smallest absolute Gasteiger partial charge is 0.312 e. The summed E-state index contributed by atoms with van der Waals surface area (Å²) in [5.74, 6) is 0. The molecule has 0 atom stereocenters. The van der Waals surface area contributed by atoms with Gasteiger partial charge in [0.25, 0.3) is 0 Å². The zero-order valence-electron chi connectivity index (χ0n) is 4.16. The maximum absolute atomic E-state index is 9.35. The van der Waals surface area contributed by atoms with Crippen molar-refractivity contribution in [1.29, 1.82) is 0 Å². The summed E-state index contributed by atoms with van der Waals surface area (Å²) in [4.78, 5) is 13.5. The van der Waals surface area contributed by atoms with Gasteiger partial charge >= 0.3 is 6.47 Å². The van der Waals surface area contributed by atoms with Crippen molar-refractivity contribution in [3.05, 3.63) is 0 Å². The van der Waals surface area contributed by atoms with Crippen molar-refractivity contribution in [1.82, 2.24) is 5.06 Å². The van der Waals surface area contributed by atoms with E-state index in [9.17, 15) is 4.79 Å². The average Bonchev–Trinajstić information content (AvgIpc) is 1.35. The number of carbonyl (C=O) groups excluding carboxylic acids is 1. The molecule has 0 saturated carbocycles. The summed E-state index contributed by atoms with van der Waals surface area (Å²) in [7, 11) is 3.27. The monoisotopic (exact) mass is 147 g/mol. The summed E-state index contributed by atoms with van der Waals surface area (Å²) in [5, 5.41) is 1.31. The normalized spacial score (nSPS) is 7.29. The van der Waals surface area contributed by atoms with E-state index >= 15 is 0 Å². The zero-order valence-corrected chi connectivity index (χ0v) is 5.14. The molecule has 0 N–H and O–H groups in total. The molecular weight excluding hydrogens is 141 g/mol. The standard InChI is InChI=1S/C3H7NO2.Ni/c1-4(2)6-3-5;/h3H,1-2H3;. The van der Waals surface area contributed by atoms with Gasteiger partial charge in [0, 0.05) is 30.6 Å². The van der Waals surface area contributed by atoms with Crippen molar-refractivity contribution in [2.45, 2.75) is 0 Å². The van der Waals surface area contributed by atoms with Gasteiger partial charge < -0.3 is 4.84 Å². The number of carbonyl (C=O) groups is 1. The van der Waals surface area contributed by atoms with Crippen molar-refractivity contribution in [3.8, 4) is 0 Å². The van der Waals surface area contributed by atoms with Gasteiger partial charge in [-0.2, -0.15) is 0 Å².